The number of hydrogen-bond donors (Lipinski definition) is 1. The second kappa shape index (κ2) is 4.99. The van der Waals surface area contributed by atoms with E-state index in [0.717, 1.165) is 12.4 Å². The molecule has 3 nitrogen and oxygen atoms in total. The zero-order valence-corrected chi connectivity index (χ0v) is 9.93. The molecule has 1 heterocycles. The van der Waals surface area contributed by atoms with Gasteiger partial charge in [-0.15, -0.1) is 0 Å². The molecule has 1 aliphatic rings. The number of rotatable bonds is 3. The van der Waals surface area contributed by atoms with Gasteiger partial charge in [0.1, 0.15) is 11.0 Å². The Morgan fingerprint density at radius 2 is 2.20 bits per heavy atom. The fraction of sp³-hybridized carbons (Fsp3) is 0.727. The highest BCUT2D eigenvalue weighted by Crippen LogP contribution is 2.18. The van der Waals surface area contributed by atoms with E-state index in [9.17, 15) is 0 Å². The minimum Gasteiger partial charge on any atom is -0.321 e. The highest BCUT2D eigenvalue weighted by molar-refractivity contribution is 6.29. The SMILES string of the molecule is Cn1c(Cl)cnc1CNC1CCCCC1. The number of imidazole rings is 1. The van der Waals surface area contributed by atoms with Crippen molar-refractivity contribution in [3.8, 4) is 0 Å². The molecule has 0 spiro atoms. The molecule has 0 aliphatic heterocycles. The van der Waals surface area contributed by atoms with Gasteiger partial charge in [-0.1, -0.05) is 30.9 Å². The molecule has 0 atom stereocenters. The lowest BCUT2D eigenvalue weighted by Crippen LogP contribution is -2.31. The maximum Gasteiger partial charge on any atom is 0.128 e. The quantitative estimate of drug-likeness (QED) is 0.860. The predicted molar refractivity (Wildman–Crippen MR) is 61.9 cm³/mol. The summed E-state index contributed by atoms with van der Waals surface area (Å²) >= 11 is 5.92. The summed E-state index contributed by atoms with van der Waals surface area (Å²) in [5.74, 6) is 1.02. The van der Waals surface area contributed by atoms with E-state index in [1.807, 2.05) is 11.6 Å². The number of nitrogens with zero attached hydrogens (tertiary/aromatic N) is 2. The molecule has 0 aromatic carbocycles. The fourth-order valence-corrected chi connectivity index (χ4v) is 2.28. The van der Waals surface area contributed by atoms with Crippen LogP contribution in [0.5, 0.6) is 0 Å². The summed E-state index contributed by atoms with van der Waals surface area (Å²) in [6.07, 6.45) is 8.43. The van der Waals surface area contributed by atoms with Gasteiger partial charge in [0, 0.05) is 13.1 Å². The highest BCUT2D eigenvalue weighted by atomic mass is 35.5. The molecule has 0 bridgehead atoms. The average molecular weight is 228 g/mol. The van der Waals surface area contributed by atoms with E-state index in [0.29, 0.717) is 11.2 Å². The molecular weight excluding hydrogens is 210 g/mol. The molecule has 15 heavy (non-hydrogen) atoms. The normalized spacial score (nSPS) is 18.3. The van der Waals surface area contributed by atoms with Gasteiger partial charge >= 0.3 is 0 Å². The summed E-state index contributed by atoms with van der Waals surface area (Å²) in [5.41, 5.74) is 0. The van der Waals surface area contributed by atoms with Crippen LogP contribution in [0.3, 0.4) is 0 Å². The topological polar surface area (TPSA) is 29.9 Å². The first-order valence-corrected chi connectivity index (χ1v) is 6.04. The van der Waals surface area contributed by atoms with Gasteiger partial charge < -0.3 is 9.88 Å². The minimum absolute atomic E-state index is 0.675. The summed E-state index contributed by atoms with van der Waals surface area (Å²) in [7, 11) is 1.95. The van der Waals surface area contributed by atoms with Crippen LogP contribution < -0.4 is 5.32 Å². The Balaban J connectivity index is 1.84. The molecule has 1 aromatic rings. The van der Waals surface area contributed by atoms with E-state index in [1.54, 1.807) is 6.20 Å². The van der Waals surface area contributed by atoms with Crippen LogP contribution in [0.25, 0.3) is 0 Å². The van der Waals surface area contributed by atoms with Gasteiger partial charge in [0.05, 0.1) is 12.7 Å². The van der Waals surface area contributed by atoms with Crippen molar-refractivity contribution in [2.24, 2.45) is 7.05 Å². The smallest absolute Gasteiger partial charge is 0.128 e. The molecule has 0 unspecified atom stereocenters. The van der Waals surface area contributed by atoms with Gasteiger partial charge in [0.15, 0.2) is 0 Å². The molecule has 1 fully saturated rings. The molecule has 4 heteroatoms. The molecule has 84 valence electrons. The lowest BCUT2D eigenvalue weighted by atomic mass is 9.95. The van der Waals surface area contributed by atoms with Gasteiger partial charge in [-0.25, -0.2) is 4.98 Å². The Morgan fingerprint density at radius 3 is 2.80 bits per heavy atom. The van der Waals surface area contributed by atoms with Crippen molar-refractivity contribution in [3.05, 3.63) is 17.2 Å². The van der Waals surface area contributed by atoms with Gasteiger partial charge in [0.2, 0.25) is 0 Å². The number of aromatic nitrogens is 2. The van der Waals surface area contributed by atoms with Crippen molar-refractivity contribution in [2.75, 3.05) is 0 Å². The second-order valence-corrected chi connectivity index (χ2v) is 4.66. The molecular formula is C11H18ClN3. The average Bonchev–Trinajstić information content (AvgIpc) is 2.59. The van der Waals surface area contributed by atoms with Crippen LogP contribution in [-0.2, 0) is 13.6 Å². The van der Waals surface area contributed by atoms with Crippen LogP contribution in [-0.4, -0.2) is 15.6 Å². The zero-order valence-electron chi connectivity index (χ0n) is 9.17. The lowest BCUT2D eigenvalue weighted by molar-refractivity contribution is 0.368. The van der Waals surface area contributed by atoms with Crippen molar-refractivity contribution < 1.29 is 0 Å². The fourth-order valence-electron chi connectivity index (χ4n) is 2.13. The van der Waals surface area contributed by atoms with Crippen molar-refractivity contribution in [1.82, 2.24) is 14.9 Å². The predicted octanol–water partition coefficient (Wildman–Crippen LogP) is 2.50. The van der Waals surface area contributed by atoms with Crippen molar-refractivity contribution in [3.63, 3.8) is 0 Å². The Labute approximate surface area is 95.8 Å². The van der Waals surface area contributed by atoms with E-state index in [-0.39, 0.29) is 0 Å². The number of nitrogens with one attached hydrogen (secondary N) is 1. The molecule has 2 rings (SSSR count). The zero-order chi connectivity index (χ0) is 10.7. The first-order valence-electron chi connectivity index (χ1n) is 5.67. The Morgan fingerprint density at radius 1 is 1.47 bits per heavy atom. The first-order chi connectivity index (χ1) is 7.27. The van der Waals surface area contributed by atoms with Crippen molar-refractivity contribution >= 4 is 11.6 Å². The molecule has 1 aromatic heterocycles. The van der Waals surface area contributed by atoms with E-state index in [2.05, 4.69) is 10.3 Å². The summed E-state index contributed by atoms with van der Waals surface area (Å²) in [4.78, 5) is 4.27. The number of halogens is 1. The summed E-state index contributed by atoms with van der Waals surface area (Å²) < 4.78 is 1.93. The van der Waals surface area contributed by atoms with Crippen LogP contribution in [0, 0.1) is 0 Å². The molecule has 1 saturated carbocycles. The minimum atomic E-state index is 0.675. The molecule has 0 radical (unpaired) electrons. The maximum atomic E-state index is 5.92. The summed E-state index contributed by atoms with van der Waals surface area (Å²) in [6.45, 7) is 0.827. The highest BCUT2D eigenvalue weighted by Gasteiger charge is 2.13. The third kappa shape index (κ3) is 2.73. The summed E-state index contributed by atoms with van der Waals surface area (Å²) in [6, 6.07) is 0.675. The van der Waals surface area contributed by atoms with Gasteiger partial charge in [-0.3, -0.25) is 0 Å². The first kappa shape index (κ1) is 11.0. The Bertz CT molecular complexity index is 316. The van der Waals surface area contributed by atoms with Crippen LogP contribution in [0.15, 0.2) is 6.20 Å². The van der Waals surface area contributed by atoms with Crippen LogP contribution >= 0.6 is 11.6 Å². The molecule has 1 aliphatic carbocycles. The monoisotopic (exact) mass is 227 g/mol. The lowest BCUT2D eigenvalue weighted by Gasteiger charge is -2.22. The van der Waals surface area contributed by atoms with Crippen LogP contribution in [0.2, 0.25) is 5.15 Å². The molecule has 1 N–H and O–H groups in total. The maximum absolute atomic E-state index is 5.92. The molecule has 0 saturated heterocycles. The standard InChI is InChI=1S/C11H18ClN3/c1-15-10(12)7-14-11(15)8-13-9-5-3-2-4-6-9/h7,9,13H,2-6,8H2,1H3. The summed E-state index contributed by atoms with van der Waals surface area (Å²) in [5, 5.41) is 4.25. The van der Waals surface area contributed by atoms with Crippen LogP contribution in [0.4, 0.5) is 0 Å². The number of hydrogen-bond acceptors (Lipinski definition) is 2. The van der Waals surface area contributed by atoms with Gasteiger partial charge in [0.25, 0.3) is 0 Å². The Hall–Kier alpha value is -0.540. The third-order valence-electron chi connectivity index (χ3n) is 3.18. The van der Waals surface area contributed by atoms with E-state index < -0.39 is 0 Å². The van der Waals surface area contributed by atoms with Crippen LogP contribution in [0.1, 0.15) is 37.9 Å². The second-order valence-electron chi connectivity index (χ2n) is 4.27. The van der Waals surface area contributed by atoms with Gasteiger partial charge in [-0.2, -0.15) is 0 Å². The van der Waals surface area contributed by atoms with Crippen molar-refractivity contribution in [1.29, 1.82) is 0 Å². The van der Waals surface area contributed by atoms with E-state index >= 15 is 0 Å². The third-order valence-corrected chi connectivity index (χ3v) is 3.53. The van der Waals surface area contributed by atoms with E-state index in [4.69, 9.17) is 11.6 Å². The van der Waals surface area contributed by atoms with Crippen molar-refractivity contribution in [2.45, 2.75) is 44.7 Å². The van der Waals surface area contributed by atoms with E-state index in [1.165, 1.54) is 32.1 Å². The van der Waals surface area contributed by atoms with Gasteiger partial charge in [-0.05, 0) is 12.8 Å². The Kier molecular flexibility index (Phi) is 3.65. The molecule has 0 amide bonds. The largest absolute Gasteiger partial charge is 0.321 e.